The molecule has 3 nitrogen and oxygen atoms in total. The number of ketones is 2. The van der Waals surface area contributed by atoms with Crippen LogP contribution in [0.3, 0.4) is 0 Å². The van der Waals surface area contributed by atoms with E-state index < -0.39 is 0 Å². The lowest BCUT2D eigenvalue weighted by Gasteiger charge is -2.15. The quantitative estimate of drug-likeness (QED) is 0.494. The minimum Gasteiger partial charge on any atom is -0.339 e. The first-order valence-corrected chi connectivity index (χ1v) is 7.36. The molecule has 0 radical (unpaired) electrons. The van der Waals surface area contributed by atoms with Gasteiger partial charge in [0.2, 0.25) is 5.78 Å². The van der Waals surface area contributed by atoms with Gasteiger partial charge in [-0.2, -0.15) is 0 Å². The van der Waals surface area contributed by atoms with Gasteiger partial charge in [-0.25, -0.2) is 0 Å². The highest BCUT2D eigenvalue weighted by Gasteiger charge is 2.35. The fraction of sp³-hybridized carbons (Fsp3) is 0.111. The number of aryl methyl sites for hydroxylation is 2. The number of nitrogens with zero attached hydrogens (tertiary/aromatic N) is 1. The van der Waals surface area contributed by atoms with Gasteiger partial charge in [-0.15, -0.1) is 0 Å². The molecule has 1 aliphatic rings. The van der Waals surface area contributed by atoms with E-state index in [-0.39, 0.29) is 11.6 Å². The van der Waals surface area contributed by atoms with E-state index in [1.807, 2.05) is 19.1 Å². The second-order valence-corrected chi connectivity index (χ2v) is 5.96. The number of benzene rings is 2. The molecule has 3 aromatic rings. The molecule has 108 valence electrons. The van der Waals surface area contributed by atoms with Crippen LogP contribution in [0.15, 0.2) is 36.4 Å². The summed E-state index contributed by atoms with van der Waals surface area (Å²) in [4.78, 5) is 25.7. The number of rotatable bonds is 0. The standard InChI is InChI=1S/C18H12ClNO2/c1-9-7-8-12-13-16(20(2)15(12)14(9)19)18(22)11-6-4-3-5-10(11)17(13)21/h3-8H,1-2H3. The Labute approximate surface area is 132 Å². The highest BCUT2D eigenvalue weighted by atomic mass is 35.5. The molecular formula is C18H12ClNO2. The van der Waals surface area contributed by atoms with Crippen molar-refractivity contribution in [2.75, 3.05) is 0 Å². The largest absolute Gasteiger partial charge is 0.339 e. The Bertz CT molecular complexity index is 998. The molecule has 0 atom stereocenters. The van der Waals surface area contributed by atoms with Crippen molar-refractivity contribution in [3.63, 3.8) is 0 Å². The summed E-state index contributed by atoms with van der Waals surface area (Å²) in [5.74, 6) is -0.242. The second-order valence-electron chi connectivity index (χ2n) is 5.58. The van der Waals surface area contributed by atoms with Crippen LogP contribution in [-0.4, -0.2) is 16.1 Å². The second kappa shape index (κ2) is 4.31. The van der Waals surface area contributed by atoms with Crippen molar-refractivity contribution in [3.8, 4) is 0 Å². The van der Waals surface area contributed by atoms with Gasteiger partial charge in [0.1, 0.15) is 5.69 Å². The summed E-state index contributed by atoms with van der Waals surface area (Å²) in [6.45, 7) is 1.91. The number of carbonyl (C=O) groups is 2. The molecule has 0 unspecified atom stereocenters. The maximum Gasteiger partial charge on any atom is 0.210 e. The summed E-state index contributed by atoms with van der Waals surface area (Å²) >= 11 is 6.41. The van der Waals surface area contributed by atoms with Crippen molar-refractivity contribution in [1.29, 1.82) is 0 Å². The zero-order valence-electron chi connectivity index (χ0n) is 12.1. The molecule has 1 heterocycles. The van der Waals surface area contributed by atoms with Gasteiger partial charge in [-0.1, -0.05) is 48.0 Å². The molecule has 0 aliphatic heterocycles. The van der Waals surface area contributed by atoms with E-state index in [0.29, 0.717) is 27.4 Å². The van der Waals surface area contributed by atoms with Crippen LogP contribution in [0.5, 0.6) is 0 Å². The minimum absolute atomic E-state index is 0.115. The summed E-state index contributed by atoms with van der Waals surface area (Å²) in [6.07, 6.45) is 0. The van der Waals surface area contributed by atoms with Gasteiger partial charge in [0.05, 0.1) is 16.1 Å². The molecule has 1 aliphatic carbocycles. The number of halogens is 1. The number of carbonyl (C=O) groups excluding carboxylic acids is 2. The first kappa shape index (κ1) is 13.3. The van der Waals surface area contributed by atoms with E-state index in [2.05, 4.69) is 0 Å². The van der Waals surface area contributed by atoms with Crippen LogP contribution in [0.4, 0.5) is 0 Å². The molecule has 0 fully saturated rings. The smallest absolute Gasteiger partial charge is 0.210 e. The maximum atomic E-state index is 12.9. The van der Waals surface area contributed by atoms with Gasteiger partial charge >= 0.3 is 0 Å². The molecule has 22 heavy (non-hydrogen) atoms. The summed E-state index contributed by atoms with van der Waals surface area (Å²) in [6, 6.07) is 10.7. The monoisotopic (exact) mass is 309 g/mol. The van der Waals surface area contributed by atoms with E-state index in [1.165, 1.54) is 0 Å². The maximum absolute atomic E-state index is 12.9. The summed E-state index contributed by atoms with van der Waals surface area (Å²) in [5.41, 5.74) is 3.46. The lowest BCUT2D eigenvalue weighted by atomic mass is 9.87. The van der Waals surface area contributed by atoms with Crippen molar-refractivity contribution >= 4 is 34.1 Å². The van der Waals surface area contributed by atoms with Crippen LogP contribution >= 0.6 is 11.6 Å². The number of hydrogen-bond donors (Lipinski definition) is 0. The molecule has 4 heteroatoms. The lowest BCUT2D eigenvalue weighted by molar-refractivity contribution is 0.0975. The fourth-order valence-corrected chi connectivity index (χ4v) is 3.53. The summed E-state index contributed by atoms with van der Waals surface area (Å²) in [7, 11) is 1.78. The third-order valence-corrected chi connectivity index (χ3v) is 4.82. The Morgan fingerprint density at radius 2 is 1.59 bits per heavy atom. The van der Waals surface area contributed by atoms with E-state index >= 15 is 0 Å². The Morgan fingerprint density at radius 1 is 0.955 bits per heavy atom. The molecule has 0 saturated carbocycles. The van der Waals surface area contributed by atoms with Gasteiger partial charge in [0.25, 0.3) is 0 Å². The average Bonchev–Trinajstić information content (AvgIpc) is 2.82. The Hall–Kier alpha value is -2.39. The SMILES string of the molecule is Cc1ccc2c3c(n(C)c2c1Cl)C(=O)c1ccccc1C3=O. The van der Waals surface area contributed by atoms with Crippen molar-refractivity contribution in [3.05, 3.63) is 69.4 Å². The average molecular weight is 310 g/mol. The normalized spacial score (nSPS) is 13.4. The van der Waals surface area contributed by atoms with Gasteiger partial charge in [-0.3, -0.25) is 9.59 Å². The molecule has 2 aromatic carbocycles. The van der Waals surface area contributed by atoms with Gasteiger partial charge in [0.15, 0.2) is 5.78 Å². The van der Waals surface area contributed by atoms with Crippen molar-refractivity contribution in [2.45, 2.75) is 6.92 Å². The third-order valence-electron chi connectivity index (χ3n) is 4.34. The van der Waals surface area contributed by atoms with E-state index in [0.717, 1.165) is 16.5 Å². The fourth-order valence-electron chi connectivity index (χ4n) is 3.24. The molecule has 1 aromatic heterocycles. The van der Waals surface area contributed by atoms with Crippen LogP contribution in [0, 0.1) is 6.92 Å². The first-order chi connectivity index (χ1) is 10.5. The molecule has 0 saturated heterocycles. The highest BCUT2D eigenvalue weighted by molar-refractivity contribution is 6.39. The zero-order valence-corrected chi connectivity index (χ0v) is 12.9. The summed E-state index contributed by atoms with van der Waals surface area (Å²) in [5, 5.41) is 1.32. The number of aromatic nitrogens is 1. The van der Waals surface area contributed by atoms with Gasteiger partial charge in [-0.05, 0) is 12.5 Å². The Balaban J connectivity index is 2.19. The molecule has 0 bridgehead atoms. The Morgan fingerprint density at radius 3 is 2.27 bits per heavy atom. The predicted molar refractivity (Wildman–Crippen MR) is 86.0 cm³/mol. The van der Waals surface area contributed by atoms with E-state index in [4.69, 9.17) is 11.6 Å². The highest BCUT2D eigenvalue weighted by Crippen LogP contribution is 2.38. The van der Waals surface area contributed by atoms with Gasteiger partial charge in [0, 0.05) is 23.6 Å². The van der Waals surface area contributed by atoms with Crippen LogP contribution < -0.4 is 0 Å². The van der Waals surface area contributed by atoms with Gasteiger partial charge < -0.3 is 4.57 Å². The molecular weight excluding hydrogens is 298 g/mol. The van der Waals surface area contributed by atoms with Crippen molar-refractivity contribution in [2.24, 2.45) is 7.05 Å². The first-order valence-electron chi connectivity index (χ1n) is 6.98. The van der Waals surface area contributed by atoms with Crippen molar-refractivity contribution in [1.82, 2.24) is 4.57 Å². The molecule has 0 N–H and O–H groups in total. The van der Waals surface area contributed by atoms with Crippen LogP contribution in [0.1, 0.15) is 37.5 Å². The topological polar surface area (TPSA) is 39.1 Å². The third kappa shape index (κ3) is 1.46. The van der Waals surface area contributed by atoms with Crippen LogP contribution in [0.25, 0.3) is 10.9 Å². The van der Waals surface area contributed by atoms with Crippen LogP contribution in [-0.2, 0) is 7.05 Å². The van der Waals surface area contributed by atoms with E-state index in [1.54, 1.807) is 35.9 Å². The van der Waals surface area contributed by atoms with Crippen LogP contribution in [0.2, 0.25) is 5.02 Å². The predicted octanol–water partition coefficient (Wildman–Crippen LogP) is 3.92. The summed E-state index contributed by atoms with van der Waals surface area (Å²) < 4.78 is 1.75. The van der Waals surface area contributed by atoms with E-state index in [9.17, 15) is 9.59 Å². The molecule has 0 amide bonds. The van der Waals surface area contributed by atoms with Crippen molar-refractivity contribution < 1.29 is 9.59 Å². The Kier molecular flexibility index (Phi) is 2.60. The number of hydrogen-bond acceptors (Lipinski definition) is 2. The zero-order chi connectivity index (χ0) is 15.6. The minimum atomic E-state index is -0.127. The lowest BCUT2D eigenvalue weighted by Crippen LogP contribution is -2.22. The number of fused-ring (bicyclic) bond motifs is 4. The molecule has 4 rings (SSSR count). The molecule has 0 spiro atoms.